The Kier molecular flexibility index (Phi) is 4.17. The first kappa shape index (κ1) is 12.4. The number of alkyl halides is 1. The second kappa shape index (κ2) is 5.39. The zero-order valence-corrected chi connectivity index (χ0v) is 9.53. The summed E-state index contributed by atoms with van der Waals surface area (Å²) in [6.07, 6.45) is -1.75. The molecule has 1 aromatic rings. The minimum atomic E-state index is -1.75. The van der Waals surface area contributed by atoms with E-state index >= 15 is 0 Å². The van der Waals surface area contributed by atoms with E-state index in [-0.39, 0.29) is 5.71 Å². The molecular formula is C12H14FNO2. The summed E-state index contributed by atoms with van der Waals surface area (Å²) < 4.78 is 13.6. The summed E-state index contributed by atoms with van der Waals surface area (Å²) >= 11 is 0. The molecule has 0 aliphatic carbocycles. The second-order valence-corrected chi connectivity index (χ2v) is 3.51. The number of hydrogen-bond donors (Lipinski definition) is 0. The molecule has 0 heterocycles. The lowest BCUT2D eigenvalue weighted by molar-refractivity contribution is 0.0921. The molecule has 1 aromatic carbocycles. The third-order valence-corrected chi connectivity index (χ3v) is 2.17. The second-order valence-electron chi connectivity index (χ2n) is 3.51. The van der Waals surface area contributed by atoms with Gasteiger partial charge in [-0.25, -0.2) is 4.39 Å². The Balaban J connectivity index is 2.86. The van der Waals surface area contributed by atoms with Crippen molar-refractivity contribution in [3.8, 4) is 0 Å². The molecule has 1 unspecified atom stereocenters. The molecule has 0 N–H and O–H groups in total. The van der Waals surface area contributed by atoms with Gasteiger partial charge in [-0.15, -0.1) is 0 Å². The van der Waals surface area contributed by atoms with Gasteiger partial charge >= 0.3 is 0 Å². The highest BCUT2D eigenvalue weighted by Gasteiger charge is 2.22. The Morgan fingerprint density at radius 2 is 1.94 bits per heavy atom. The first-order valence-electron chi connectivity index (χ1n) is 4.89. The van der Waals surface area contributed by atoms with E-state index in [9.17, 15) is 9.18 Å². The van der Waals surface area contributed by atoms with Crippen LogP contribution in [0.15, 0.2) is 29.4 Å². The first-order valence-corrected chi connectivity index (χ1v) is 4.89. The molecule has 0 spiro atoms. The van der Waals surface area contributed by atoms with Crippen LogP contribution in [-0.2, 0) is 4.84 Å². The maximum absolute atomic E-state index is 13.6. The van der Waals surface area contributed by atoms with Gasteiger partial charge in [0.1, 0.15) is 7.11 Å². The highest BCUT2D eigenvalue weighted by Crippen LogP contribution is 2.09. The number of carbonyl (C=O) groups excluding carboxylic acids is 1. The average Bonchev–Trinajstić information content (AvgIpc) is 2.28. The molecule has 1 rings (SSSR count). The standard InChI is InChI=1S/C12H14FNO2/c1-8-4-6-10(7-5-8)12(15)11(13)9(2)14-16-3/h4-7,11H,1-3H3. The summed E-state index contributed by atoms with van der Waals surface area (Å²) in [4.78, 5) is 16.1. The maximum atomic E-state index is 13.6. The molecule has 0 fully saturated rings. The Bertz CT molecular complexity index is 398. The summed E-state index contributed by atoms with van der Waals surface area (Å²) in [5, 5.41) is 3.41. The van der Waals surface area contributed by atoms with Gasteiger partial charge in [-0.2, -0.15) is 0 Å². The number of oxime groups is 1. The Morgan fingerprint density at radius 1 is 1.38 bits per heavy atom. The van der Waals surface area contributed by atoms with E-state index < -0.39 is 12.0 Å². The molecule has 0 amide bonds. The van der Waals surface area contributed by atoms with Crippen LogP contribution in [0.25, 0.3) is 0 Å². The number of hydrogen-bond acceptors (Lipinski definition) is 3. The minimum Gasteiger partial charge on any atom is -0.399 e. The monoisotopic (exact) mass is 223 g/mol. The van der Waals surface area contributed by atoms with Crippen molar-refractivity contribution < 1.29 is 14.0 Å². The molecular weight excluding hydrogens is 209 g/mol. The lowest BCUT2D eigenvalue weighted by Gasteiger charge is -2.06. The topological polar surface area (TPSA) is 38.7 Å². The quantitative estimate of drug-likeness (QED) is 0.447. The van der Waals surface area contributed by atoms with Crippen molar-refractivity contribution in [2.75, 3.05) is 7.11 Å². The van der Waals surface area contributed by atoms with Crippen LogP contribution < -0.4 is 0 Å². The highest BCUT2D eigenvalue weighted by molar-refractivity contribution is 6.14. The van der Waals surface area contributed by atoms with Gasteiger partial charge < -0.3 is 4.84 Å². The number of carbonyl (C=O) groups is 1. The summed E-state index contributed by atoms with van der Waals surface area (Å²) in [6, 6.07) is 6.74. The van der Waals surface area contributed by atoms with Crippen molar-refractivity contribution in [2.45, 2.75) is 20.0 Å². The average molecular weight is 223 g/mol. The number of Topliss-reactive ketones (excluding diaryl/α,β-unsaturated/α-hetero) is 1. The fourth-order valence-corrected chi connectivity index (χ4v) is 1.24. The third-order valence-electron chi connectivity index (χ3n) is 2.17. The van der Waals surface area contributed by atoms with Crippen molar-refractivity contribution in [1.82, 2.24) is 0 Å². The molecule has 0 saturated heterocycles. The summed E-state index contributed by atoms with van der Waals surface area (Å²) in [6.45, 7) is 3.32. The summed E-state index contributed by atoms with van der Waals surface area (Å²) in [7, 11) is 1.31. The molecule has 4 heteroatoms. The molecule has 86 valence electrons. The van der Waals surface area contributed by atoms with Gasteiger partial charge in [0.25, 0.3) is 0 Å². The van der Waals surface area contributed by atoms with Gasteiger partial charge in [-0.3, -0.25) is 4.79 Å². The van der Waals surface area contributed by atoms with Crippen molar-refractivity contribution in [1.29, 1.82) is 0 Å². The molecule has 0 aliphatic heterocycles. The van der Waals surface area contributed by atoms with E-state index in [0.717, 1.165) is 5.56 Å². The molecule has 0 radical (unpaired) electrons. The first-order chi connectivity index (χ1) is 7.56. The Morgan fingerprint density at radius 3 is 2.44 bits per heavy atom. The summed E-state index contributed by atoms with van der Waals surface area (Å²) in [5.41, 5.74) is 1.38. The molecule has 3 nitrogen and oxygen atoms in total. The smallest absolute Gasteiger partial charge is 0.204 e. The van der Waals surface area contributed by atoms with Gasteiger partial charge in [0.15, 0.2) is 0 Å². The van der Waals surface area contributed by atoms with Gasteiger partial charge in [0.05, 0.1) is 5.71 Å². The van der Waals surface area contributed by atoms with Gasteiger partial charge in [-0.05, 0) is 13.8 Å². The fourth-order valence-electron chi connectivity index (χ4n) is 1.24. The predicted octanol–water partition coefficient (Wildman–Crippen LogP) is 2.54. The molecule has 0 bridgehead atoms. The molecule has 0 saturated carbocycles. The van der Waals surface area contributed by atoms with Crippen molar-refractivity contribution in [3.05, 3.63) is 35.4 Å². The predicted molar refractivity (Wildman–Crippen MR) is 60.5 cm³/mol. The van der Waals surface area contributed by atoms with Gasteiger partial charge in [0.2, 0.25) is 12.0 Å². The lowest BCUT2D eigenvalue weighted by Crippen LogP contribution is -2.23. The van der Waals surface area contributed by atoms with E-state index in [1.807, 2.05) is 6.92 Å². The lowest BCUT2D eigenvalue weighted by atomic mass is 10.0. The maximum Gasteiger partial charge on any atom is 0.204 e. The van der Waals surface area contributed by atoms with Crippen LogP contribution in [0.3, 0.4) is 0 Å². The fraction of sp³-hybridized carbons (Fsp3) is 0.333. The summed E-state index contributed by atoms with van der Waals surface area (Å²) in [5.74, 6) is -0.599. The van der Waals surface area contributed by atoms with Crippen LogP contribution in [0.4, 0.5) is 4.39 Å². The highest BCUT2D eigenvalue weighted by atomic mass is 19.1. The van der Waals surface area contributed by atoms with Crippen molar-refractivity contribution in [3.63, 3.8) is 0 Å². The third kappa shape index (κ3) is 2.89. The van der Waals surface area contributed by atoms with Gasteiger partial charge in [0, 0.05) is 5.56 Å². The van der Waals surface area contributed by atoms with Crippen LogP contribution in [0, 0.1) is 6.92 Å². The van der Waals surface area contributed by atoms with Gasteiger partial charge in [-0.1, -0.05) is 35.0 Å². The molecule has 1 atom stereocenters. The number of nitrogens with zero attached hydrogens (tertiary/aromatic N) is 1. The minimum absolute atomic E-state index is 0.0214. The van der Waals surface area contributed by atoms with E-state index in [4.69, 9.17) is 0 Å². The largest absolute Gasteiger partial charge is 0.399 e. The Labute approximate surface area is 93.9 Å². The normalized spacial score (nSPS) is 13.4. The molecule has 16 heavy (non-hydrogen) atoms. The number of halogens is 1. The molecule has 0 aromatic heterocycles. The van der Waals surface area contributed by atoms with Crippen LogP contribution in [0.1, 0.15) is 22.8 Å². The van der Waals surface area contributed by atoms with E-state index in [1.165, 1.54) is 14.0 Å². The van der Waals surface area contributed by atoms with Crippen molar-refractivity contribution >= 4 is 11.5 Å². The van der Waals surface area contributed by atoms with Crippen LogP contribution in [0.2, 0.25) is 0 Å². The van der Waals surface area contributed by atoms with E-state index in [2.05, 4.69) is 9.99 Å². The van der Waals surface area contributed by atoms with Crippen LogP contribution >= 0.6 is 0 Å². The zero-order chi connectivity index (χ0) is 12.1. The number of benzene rings is 1. The SMILES string of the molecule is CON=C(C)C(F)C(=O)c1ccc(C)cc1. The number of ketones is 1. The van der Waals surface area contributed by atoms with Crippen molar-refractivity contribution in [2.24, 2.45) is 5.16 Å². The van der Waals surface area contributed by atoms with Crippen LogP contribution in [0.5, 0.6) is 0 Å². The van der Waals surface area contributed by atoms with E-state index in [0.29, 0.717) is 5.56 Å². The number of rotatable bonds is 4. The van der Waals surface area contributed by atoms with E-state index in [1.54, 1.807) is 24.3 Å². The van der Waals surface area contributed by atoms with Crippen LogP contribution in [-0.4, -0.2) is 24.8 Å². The Hall–Kier alpha value is -1.71. The zero-order valence-electron chi connectivity index (χ0n) is 9.53. The number of aryl methyl sites for hydroxylation is 1. The molecule has 0 aliphatic rings.